The molecule has 3 aromatic rings. The van der Waals surface area contributed by atoms with Gasteiger partial charge in [0.05, 0.1) is 5.56 Å². The zero-order valence-corrected chi connectivity index (χ0v) is 16.6. The normalized spacial score (nSPS) is 14.9. The maximum atomic E-state index is 13.0. The number of carbonyl (C=O) groups is 3. The summed E-state index contributed by atoms with van der Waals surface area (Å²) in [7, 11) is 0. The third kappa shape index (κ3) is 3.24. The topological polar surface area (TPSA) is 90.6 Å². The van der Waals surface area contributed by atoms with Gasteiger partial charge in [0.2, 0.25) is 5.56 Å². The van der Waals surface area contributed by atoms with Crippen molar-refractivity contribution >= 4 is 17.6 Å². The fraction of sp³-hybridized carbons (Fsp3) is 0.167. The lowest BCUT2D eigenvalue weighted by atomic mass is 10.0. The quantitative estimate of drug-likeness (QED) is 0.545. The van der Waals surface area contributed by atoms with Crippen LogP contribution in [0.5, 0.6) is 0 Å². The van der Waals surface area contributed by atoms with E-state index in [1.54, 1.807) is 28.0 Å². The van der Waals surface area contributed by atoms with Crippen molar-refractivity contribution in [2.45, 2.75) is 0 Å². The van der Waals surface area contributed by atoms with Crippen LogP contribution in [0.2, 0.25) is 0 Å². The molecule has 31 heavy (non-hydrogen) atoms. The highest BCUT2D eigenvalue weighted by Crippen LogP contribution is 2.36. The summed E-state index contributed by atoms with van der Waals surface area (Å²) in [5, 5.41) is 0. The average molecular weight is 413 g/mol. The van der Waals surface area contributed by atoms with Gasteiger partial charge in [-0.2, -0.15) is 0 Å². The van der Waals surface area contributed by atoms with E-state index < -0.39 is 0 Å². The molecule has 2 aliphatic rings. The second-order valence-corrected chi connectivity index (χ2v) is 7.66. The number of piperazine rings is 1. The largest absolute Gasteiger partial charge is 0.335 e. The number of rotatable bonds is 2. The van der Waals surface area contributed by atoms with Crippen LogP contribution in [0.1, 0.15) is 36.6 Å². The minimum Gasteiger partial charge on any atom is -0.335 e. The number of ketones is 1. The summed E-state index contributed by atoms with van der Waals surface area (Å²) in [6.45, 7) is 1.61. The molecule has 0 bridgehead atoms. The van der Waals surface area contributed by atoms with Gasteiger partial charge >= 0.3 is 0 Å². The Morgan fingerprint density at radius 2 is 1.26 bits per heavy atom. The molecule has 0 atom stereocenters. The van der Waals surface area contributed by atoms with Crippen molar-refractivity contribution < 1.29 is 14.4 Å². The number of H-pyrrole nitrogens is 1. The van der Waals surface area contributed by atoms with Gasteiger partial charge in [-0.15, -0.1) is 0 Å². The SMILES string of the molecule is O=C1c2ccccc2-c2ccc(C(=O)N3CCN(C(=O)c4ccc(=O)[nH]c4)CC3)cc21. The molecule has 0 radical (unpaired) electrons. The van der Waals surface area contributed by atoms with Crippen molar-refractivity contribution in [3.63, 3.8) is 0 Å². The number of amides is 2. The Labute approximate surface area is 177 Å². The molecule has 1 saturated heterocycles. The van der Waals surface area contributed by atoms with Crippen molar-refractivity contribution in [3.8, 4) is 11.1 Å². The molecule has 2 aromatic carbocycles. The smallest absolute Gasteiger partial charge is 0.255 e. The molecule has 0 unspecified atom stereocenters. The number of hydrogen-bond donors (Lipinski definition) is 1. The summed E-state index contributed by atoms with van der Waals surface area (Å²) >= 11 is 0. The molecule has 2 heterocycles. The standard InChI is InChI=1S/C24H19N3O4/c28-21-8-6-16(14-25-21)24(31)27-11-9-26(10-12-27)23(30)15-5-7-18-17-3-1-2-4-19(17)22(29)20(18)13-15/h1-8,13-14H,9-12H2,(H,25,28). The van der Waals surface area contributed by atoms with Crippen molar-refractivity contribution in [1.29, 1.82) is 0 Å². The summed E-state index contributed by atoms with van der Waals surface area (Å²) in [4.78, 5) is 55.4. The van der Waals surface area contributed by atoms with Crippen LogP contribution < -0.4 is 5.56 Å². The van der Waals surface area contributed by atoms with Gasteiger partial charge < -0.3 is 14.8 Å². The third-order valence-electron chi connectivity index (χ3n) is 5.86. The average Bonchev–Trinajstić information content (AvgIpc) is 3.10. The van der Waals surface area contributed by atoms with E-state index in [0.29, 0.717) is 48.4 Å². The number of nitrogens with zero attached hydrogens (tertiary/aromatic N) is 2. The van der Waals surface area contributed by atoms with Gasteiger partial charge in [0.25, 0.3) is 11.8 Å². The zero-order valence-electron chi connectivity index (χ0n) is 16.6. The highest BCUT2D eigenvalue weighted by atomic mass is 16.2. The maximum Gasteiger partial charge on any atom is 0.255 e. The van der Waals surface area contributed by atoms with Crippen molar-refractivity contribution in [1.82, 2.24) is 14.8 Å². The Hall–Kier alpha value is -4.00. The molecule has 0 spiro atoms. The molecule has 1 aliphatic carbocycles. The zero-order chi connectivity index (χ0) is 21.5. The van der Waals surface area contributed by atoms with Gasteiger partial charge in [-0.25, -0.2) is 0 Å². The summed E-state index contributed by atoms with van der Waals surface area (Å²) in [6.07, 6.45) is 1.40. The molecule has 1 aliphatic heterocycles. The second kappa shape index (κ2) is 7.36. The van der Waals surface area contributed by atoms with Crippen LogP contribution in [-0.2, 0) is 0 Å². The molecule has 1 aromatic heterocycles. The number of hydrogen-bond acceptors (Lipinski definition) is 4. The lowest BCUT2D eigenvalue weighted by Gasteiger charge is -2.34. The highest BCUT2D eigenvalue weighted by Gasteiger charge is 2.29. The Balaban J connectivity index is 1.29. The van der Waals surface area contributed by atoms with Crippen LogP contribution in [0.25, 0.3) is 11.1 Å². The van der Waals surface area contributed by atoms with E-state index in [-0.39, 0.29) is 23.2 Å². The fourth-order valence-corrected chi connectivity index (χ4v) is 4.18. The van der Waals surface area contributed by atoms with Crippen LogP contribution in [0.4, 0.5) is 0 Å². The monoisotopic (exact) mass is 413 g/mol. The minimum atomic E-state index is -0.261. The summed E-state index contributed by atoms with van der Waals surface area (Å²) < 4.78 is 0. The van der Waals surface area contributed by atoms with E-state index in [9.17, 15) is 19.2 Å². The summed E-state index contributed by atoms with van der Waals surface area (Å²) in [5.74, 6) is -0.386. The first-order valence-electron chi connectivity index (χ1n) is 10.1. The van der Waals surface area contributed by atoms with Crippen LogP contribution in [0.3, 0.4) is 0 Å². The van der Waals surface area contributed by atoms with E-state index in [1.807, 2.05) is 24.3 Å². The number of aromatic nitrogens is 1. The van der Waals surface area contributed by atoms with Crippen molar-refractivity contribution in [3.05, 3.63) is 93.4 Å². The lowest BCUT2D eigenvalue weighted by molar-refractivity contribution is 0.0535. The molecular weight excluding hydrogens is 394 g/mol. The van der Waals surface area contributed by atoms with E-state index in [1.165, 1.54) is 18.3 Å². The fourth-order valence-electron chi connectivity index (χ4n) is 4.18. The molecule has 5 rings (SSSR count). The van der Waals surface area contributed by atoms with Crippen LogP contribution in [-0.4, -0.2) is 58.6 Å². The van der Waals surface area contributed by atoms with Gasteiger partial charge in [-0.1, -0.05) is 30.3 Å². The number of fused-ring (bicyclic) bond motifs is 3. The molecule has 0 saturated carbocycles. The first-order valence-corrected chi connectivity index (χ1v) is 10.1. The molecule has 1 N–H and O–H groups in total. The van der Waals surface area contributed by atoms with Crippen molar-refractivity contribution in [2.24, 2.45) is 0 Å². The Kier molecular flexibility index (Phi) is 4.51. The number of aromatic amines is 1. The number of carbonyl (C=O) groups excluding carboxylic acids is 3. The van der Waals surface area contributed by atoms with Crippen molar-refractivity contribution in [2.75, 3.05) is 26.2 Å². The summed E-state index contributed by atoms with van der Waals surface area (Å²) in [5.41, 5.74) is 3.60. The Morgan fingerprint density at radius 1 is 0.677 bits per heavy atom. The first kappa shape index (κ1) is 19.0. The van der Waals surface area contributed by atoms with Gasteiger partial charge in [-0.05, 0) is 29.3 Å². The molecule has 7 nitrogen and oxygen atoms in total. The minimum absolute atomic E-state index is 0.0587. The third-order valence-corrected chi connectivity index (χ3v) is 5.86. The van der Waals surface area contributed by atoms with Gasteiger partial charge in [0, 0.05) is 55.1 Å². The van der Waals surface area contributed by atoms with Gasteiger partial charge in [-0.3, -0.25) is 19.2 Å². The maximum absolute atomic E-state index is 13.0. The predicted molar refractivity (Wildman–Crippen MR) is 114 cm³/mol. The van der Waals surface area contributed by atoms with E-state index >= 15 is 0 Å². The second-order valence-electron chi connectivity index (χ2n) is 7.66. The van der Waals surface area contributed by atoms with Gasteiger partial charge in [0.15, 0.2) is 5.78 Å². The lowest BCUT2D eigenvalue weighted by Crippen LogP contribution is -2.50. The predicted octanol–water partition coefficient (Wildman–Crippen LogP) is 2.18. The molecule has 7 heteroatoms. The molecular formula is C24H19N3O4. The van der Waals surface area contributed by atoms with E-state index in [2.05, 4.69) is 4.98 Å². The van der Waals surface area contributed by atoms with E-state index in [0.717, 1.165) is 11.1 Å². The van der Waals surface area contributed by atoms with Crippen LogP contribution in [0, 0.1) is 0 Å². The molecule has 154 valence electrons. The summed E-state index contributed by atoms with van der Waals surface area (Å²) in [6, 6.07) is 15.5. The number of benzene rings is 2. The molecule has 1 fully saturated rings. The highest BCUT2D eigenvalue weighted by molar-refractivity contribution is 6.22. The number of nitrogens with one attached hydrogen (secondary N) is 1. The molecule has 2 amide bonds. The number of pyridine rings is 1. The van der Waals surface area contributed by atoms with Crippen LogP contribution in [0.15, 0.2) is 65.6 Å². The Bertz CT molecular complexity index is 1270. The van der Waals surface area contributed by atoms with Gasteiger partial charge in [0.1, 0.15) is 0 Å². The Morgan fingerprint density at radius 3 is 1.90 bits per heavy atom. The van der Waals surface area contributed by atoms with E-state index in [4.69, 9.17) is 0 Å². The first-order chi connectivity index (χ1) is 15.0. The van der Waals surface area contributed by atoms with Crippen LogP contribution >= 0.6 is 0 Å².